The molecule has 1 aromatic rings. The number of hydrogen-bond donors (Lipinski definition) is 2. The lowest BCUT2D eigenvalue weighted by atomic mass is 10.2. The van der Waals surface area contributed by atoms with Crippen LogP contribution < -0.4 is 11.5 Å². The molecule has 0 unspecified atom stereocenters. The van der Waals surface area contributed by atoms with Gasteiger partial charge in [0.15, 0.2) is 0 Å². The first-order chi connectivity index (χ1) is 6.52. The van der Waals surface area contributed by atoms with E-state index in [1.165, 1.54) is 11.1 Å². The van der Waals surface area contributed by atoms with E-state index >= 15 is 0 Å². The number of carbonyl (C=O) groups excluding carboxylic acids is 1. The second kappa shape index (κ2) is 6.71. The van der Waals surface area contributed by atoms with Crippen LogP contribution in [0.5, 0.6) is 0 Å². The molecule has 3 heteroatoms. The van der Waals surface area contributed by atoms with Gasteiger partial charge in [0.05, 0.1) is 0 Å². The number of allylic oxidation sites excluding steroid dienone is 1. The lowest BCUT2D eigenvalue weighted by Crippen LogP contribution is -2.18. The highest BCUT2D eigenvalue weighted by atomic mass is 16.2. The van der Waals surface area contributed by atoms with Crippen molar-refractivity contribution in [3.63, 3.8) is 0 Å². The van der Waals surface area contributed by atoms with Crippen molar-refractivity contribution in [1.29, 1.82) is 0 Å². The first kappa shape index (κ1) is 12.2. The summed E-state index contributed by atoms with van der Waals surface area (Å²) >= 11 is 0. The molecular formula is C11H16N2O. The summed E-state index contributed by atoms with van der Waals surface area (Å²) in [6.07, 6.45) is 2.17. The van der Waals surface area contributed by atoms with Crippen molar-refractivity contribution >= 4 is 12.1 Å². The second-order valence-corrected chi connectivity index (χ2v) is 3.03. The van der Waals surface area contributed by atoms with Gasteiger partial charge in [-0.15, -0.1) is 0 Å². The molecule has 4 N–H and O–H groups in total. The van der Waals surface area contributed by atoms with Crippen LogP contribution in [0.4, 0.5) is 4.79 Å². The first-order valence-corrected chi connectivity index (χ1v) is 4.27. The highest BCUT2D eigenvalue weighted by Crippen LogP contribution is 2.04. The number of hydrogen-bond acceptors (Lipinski definition) is 1. The first-order valence-electron chi connectivity index (χ1n) is 4.27. The van der Waals surface area contributed by atoms with Gasteiger partial charge in [-0.1, -0.05) is 42.0 Å². The molecule has 0 saturated carbocycles. The molecule has 0 aromatic heterocycles. The Morgan fingerprint density at radius 3 is 1.93 bits per heavy atom. The van der Waals surface area contributed by atoms with Crippen LogP contribution in [0.1, 0.15) is 19.4 Å². The Morgan fingerprint density at radius 2 is 1.57 bits per heavy atom. The summed E-state index contributed by atoms with van der Waals surface area (Å²) in [4.78, 5) is 9.00. The molecule has 76 valence electrons. The highest BCUT2D eigenvalue weighted by Gasteiger charge is 1.82. The van der Waals surface area contributed by atoms with Crippen molar-refractivity contribution < 1.29 is 4.79 Å². The summed E-state index contributed by atoms with van der Waals surface area (Å²) in [7, 11) is 0. The minimum atomic E-state index is -0.833. The predicted octanol–water partition coefficient (Wildman–Crippen LogP) is 2.13. The van der Waals surface area contributed by atoms with Crippen LogP contribution in [0.25, 0.3) is 6.08 Å². The second-order valence-electron chi connectivity index (χ2n) is 3.03. The Labute approximate surface area is 84.4 Å². The normalized spacial score (nSPS) is 8.14. The fourth-order valence-corrected chi connectivity index (χ4v) is 0.883. The van der Waals surface area contributed by atoms with Gasteiger partial charge in [-0.05, 0) is 19.4 Å². The van der Waals surface area contributed by atoms with Gasteiger partial charge in [0.2, 0.25) is 0 Å². The topological polar surface area (TPSA) is 69.1 Å². The van der Waals surface area contributed by atoms with Gasteiger partial charge in [-0.3, -0.25) is 0 Å². The van der Waals surface area contributed by atoms with Gasteiger partial charge in [0.25, 0.3) is 0 Å². The Bertz CT molecular complexity index is 296. The van der Waals surface area contributed by atoms with E-state index in [4.69, 9.17) is 4.79 Å². The van der Waals surface area contributed by atoms with Gasteiger partial charge in [0.1, 0.15) is 0 Å². The molecule has 14 heavy (non-hydrogen) atoms. The van der Waals surface area contributed by atoms with Crippen molar-refractivity contribution in [3.8, 4) is 0 Å². The van der Waals surface area contributed by atoms with Gasteiger partial charge in [-0.25, -0.2) is 4.79 Å². The zero-order valence-electron chi connectivity index (χ0n) is 8.53. The van der Waals surface area contributed by atoms with E-state index in [9.17, 15) is 0 Å². The molecular weight excluding hydrogens is 176 g/mol. The maximum atomic E-state index is 9.00. The molecule has 0 heterocycles. The third-order valence-corrected chi connectivity index (χ3v) is 1.25. The van der Waals surface area contributed by atoms with Gasteiger partial charge in [0, 0.05) is 0 Å². The fourth-order valence-electron chi connectivity index (χ4n) is 0.883. The monoisotopic (exact) mass is 192 g/mol. The summed E-state index contributed by atoms with van der Waals surface area (Å²) in [6, 6.07) is 9.51. The zero-order valence-corrected chi connectivity index (χ0v) is 8.53. The van der Waals surface area contributed by atoms with Crippen molar-refractivity contribution in [2.75, 3.05) is 0 Å². The molecule has 0 radical (unpaired) electrons. The van der Waals surface area contributed by atoms with Crippen LogP contribution in [-0.4, -0.2) is 6.03 Å². The number of nitrogens with two attached hydrogens (primary N) is 2. The summed E-state index contributed by atoms with van der Waals surface area (Å²) in [6.45, 7) is 4.21. The quantitative estimate of drug-likeness (QED) is 0.703. The molecule has 0 aliphatic heterocycles. The maximum absolute atomic E-state index is 9.00. The largest absolute Gasteiger partial charge is 0.352 e. The molecule has 1 aromatic carbocycles. The molecule has 0 aliphatic rings. The van der Waals surface area contributed by atoms with E-state index in [0.29, 0.717) is 0 Å². The van der Waals surface area contributed by atoms with Crippen molar-refractivity contribution in [2.45, 2.75) is 13.8 Å². The maximum Gasteiger partial charge on any atom is 0.309 e. The van der Waals surface area contributed by atoms with Crippen LogP contribution in [-0.2, 0) is 0 Å². The summed E-state index contributed by atoms with van der Waals surface area (Å²) < 4.78 is 0. The smallest absolute Gasteiger partial charge is 0.309 e. The number of urea groups is 1. The summed E-state index contributed by atoms with van der Waals surface area (Å²) in [5.41, 5.74) is 11.1. The average molecular weight is 192 g/mol. The van der Waals surface area contributed by atoms with Crippen molar-refractivity contribution in [2.24, 2.45) is 11.5 Å². The van der Waals surface area contributed by atoms with E-state index in [2.05, 4.69) is 55.7 Å². The molecule has 0 aliphatic carbocycles. The number of amides is 2. The van der Waals surface area contributed by atoms with Crippen molar-refractivity contribution in [1.82, 2.24) is 0 Å². The van der Waals surface area contributed by atoms with Crippen LogP contribution in [0.3, 0.4) is 0 Å². The van der Waals surface area contributed by atoms with Crippen LogP contribution in [0.15, 0.2) is 35.9 Å². The molecule has 0 bridgehead atoms. The third-order valence-electron chi connectivity index (χ3n) is 1.25. The molecule has 0 fully saturated rings. The number of benzene rings is 1. The molecule has 2 amide bonds. The lowest BCUT2D eigenvalue weighted by molar-refractivity contribution is 0.256. The van der Waals surface area contributed by atoms with Gasteiger partial charge < -0.3 is 11.5 Å². The minimum Gasteiger partial charge on any atom is -0.352 e. The lowest BCUT2D eigenvalue weighted by Gasteiger charge is -1.91. The fraction of sp³-hybridized carbons (Fsp3) is 0.182. The van der Waals surface area contributed by atoms with E-state index in [1.807, 2.05) is 6.07 Å². The van der Waals surface area contributed by atoms with E-state index < -0.39 is 6.03 Å². The van der Waals surface area contributed by atoms with Crippen molar-refractivity contribution in [3.05, 3.63) is 41.5 Å². The Morgan fingerprint density at radius 1 is 1.14 bits per heavy atom. The molecule has 1 rings (SSSR count). The zero-order chi connectivity index (χ0) is 11.0. The molecule has 0 spiro atoms. The third kappa shape index (κ3) is 8.33. The number of carbonyl (C=O) groups is 1. The standard InChI is InChI=1S/C10H12.CH4N2O/c1-9(2)8-10-6-4-3-5-7-10;2-1(3)4/h3-8H,1-2H3;(H4,2,3,4). The summed E-state index contributed by atoms with van der Waals surface area (Å²) in [5, 5.41) is 0. The summed E-state index contributed by atoms with van der Waals surface area (Å²) in [5.74, 6) is 0. The van der Waals surface area contributed by atoms with Crippen LogP contribution in [0, 0.1) is 0 Å². The molecule has 0 atom stereocenters. The number of rotatable bonds is 1. The molecule has 0 saturated heterocycles. The molecule has 3 nitrogen and oxygen atoms in total. The predicted molar refractivity (Wildman–Crippen MR) is 59.5 cm³/mol. The van der Waals surface area contributed by atoms with Gasteiger partial charge in [-0.2, -0.15) is 0 Å². The Hall–Kier alpha value is -1.77. The Kier molecular flexibility index (Phi) is 5.87. The van der Waals surface area contributed by atoms with Gasteiger partial charge >= 0.3 is 6.03 Å². The van der Waals surface area contributed by atoms with E-state index in [1.54, 1.807) is 0 Å². The SMILES string of the molecule is CC(C)=Cc1ccccc1.NC(N)=O. The highest BCUT2D eigenvalue weighted by molar-refractivity contribution is 5.69. The minimum absolute atomic E-state index is 0.833. The Balaban J connectivity index is 0.000000364. The van der Waals surface area contributed by atoms with E-state index in [0.717, 1.165) is 0 Å². The average Bonchev–Trinajstić information content (AvgIpc) is 2.03. The van der Waals surface area contributed by atoms with Crippen LogP contribution >= 0.6 is 0 Å². The van der Waals surface area contributed by atoms with E-state index in [-0.39, 0.29) is 0 Å². The van der Waals surface area contributed by atoms with Crippen LogP contribution in [0.2, 0.25) is 0 Å². The number of primary amides is 2.